The first kappa shape index (κ1) is 16.6. The molecular formula is C18H25NO3. The summed E-state index contributed by atoms with van der Waals surface area (Å²) in [7, 11) is 0. The van der Waals surface area contributed by atoms with Crippen molar-refractivity contribution in [2.24, 2.45) is 0 Å². The Kier molecular flexibility index (Phi) is 6.97. The third-order valence-electron chi connectivity index (χ3n) is 3.60. The molecule has 0 saturated carbocycles. The van der Waals surface area contributed by atoms with Crippen LogP contribution in [0.3, 0.4) is 0 Å². The molecule has 1 aliphatic rings. The molecule has 22 heavy (non-hydrogen) atoms. The van der Waals surface area contributed by atoms with Crippen molar-refractivity contribution in [3.63, 3.8) is 0 Å². The number of carbonyl (C=O) groups is 1. The molecule has 1 N–H and O–H groups in total. The molecular weight excluding hydrogens is 278 g/mol. The molecule has 1 amide bonds. The van der Waals surface area contributed by atoms with E-state index in [1.165, 1.54) is 0 Å². The molecule has 1 aromatic rings. The van der Waals surface area contributed by atoms with Crippen LogP contribution in [0.15, 0.2) is 30.3 Å². The molecule has 2 rings (SSSR count). The van der Waals surface area contributed by atoms with Gasteiger partial charge in [-0.15, -0.1) is 0 Å². The molecule has 1 aliphatic heterocycles. The third kappa shape index (κ3) is 5.90. The fourth-order valence-corrected chi connectivity index (χ4v) is 2.26. The molecule has 0 spiro atoms. The van der Waals surface area contributed by atoms with Crippen LogP contribution in [0.1, 0.15) is 38.2 Å². The van der Waals surface area contributed by atoms with E-state index in [0.29, 0.717) is 6.54 Å². The fourth-order valence-electron chi connectivity index (χ4n) is 2.26. The van der Waals surface area contributed by atoms with Crippen molar-refractivity contribution >= 4 is 12.0 Å². The fraction of sp³-hybridized carbons (Fsp3) is 0.500. The first-order valence-electron chi connectivity index (χ1n) is 8.08. The highest BCUT2D eigenvalue weighted by Gasteiger charge is 2.15. The Bertz CT molecular complexity index is 476. The number of carbonyl (C=O) groups excluding carboxylic acids is 1. The van der Waals surface area contributed by atoms with Crippen LogP contribution < -0.4 is 10.1 Å². The highest BCUT2D eigenvalue weighted by atomic mass is 16.5. The number of hydrogen-bond acceptors (Lipinski definition) is 3. The van der Waals surface area contributed by atoms with Gasteiger partial charge in [0, 0.05) is 19.2 Å². The van der Waals surface area contributed by atoms with Crippen molar-refractivity contribution in [3.05, 3.63) is 35.9 Å². The zero-order valence-corrected chi connectivity index (χ0v) is 13.2. The first-order chi connectivity index (χ1) is 10.8. The maximum absolute atomic E-state index is 11.7. The number of hydrogen-bond donors (Lipinski definition) is 1. The monoisotopic (exact) mass is 303 g/mol. The third-order valence-corrected chi connectivity index (χ3v) is 3.60. The molecule has 0 radical (unpaired) electrons. The average molecular weight is 303 g/mol. The van der Waals surface area contributed by atoms with E-state index < -0.39 is 0 Å². The summed E-state index contributed by atoms with van der Waals surface area (Å²) in [5, 5.41) is 2.87. The van der Waals surface area contributed by atoms with Gasteiger partial charge in [0.2, 0.25) is 5.91 Å². The molecule has 120 valence electrons. The largest absolute Gasteiger partial charge is 0.494 e. The van der Waals surface area contributed by atoms with E-state index in [-0.39, 0.29) is 12.0 Å². The lowest BCUT2D eigenvalue weighted by Gasteiger charge is -2.08. The van der Waals surface area contributed by atoms with Crippen LogP contribution in [0.25, 0.3) is 6.08 Å². The number of rotatable bonds is 8. The van der Waals surface area contributed by atoms with E-state index in [1.54, 1.807) is 12.2 Å². The van der Waals surface area contributed by atoms with Gasteiger partial charge in [0.1, 0.15) is 5.75 Å². The Morgan fingerprint density at radius 2 is 2.23 bits per heavy atom. The predicted molar refractivity (Wildman–Crippen MR) is 87.9 cm³/mol. The summed E-state index contributed by atoms with van der Waals surface area (Å²) in [6, 6.07) is 7.76. The Labute approximate surface area is 132 Å². The van der Waals surface area contributed by atoms with Gasteiger partial charge in [-0.2, -0.15) is 0 Å². The number of amides is 1. The zero-order chi connectivity index (χ0) is 15.6. The standard InChI is InChI=1S/C18H25NO3/c1-2-3-12-21-16-9-6-15(7-10-16)8-11-18(20)19-14-17-5-4-13-22-17/h6-11,17H,2-5,12-14H2,1H3,(H,19,20). The number of nitrogens with one attached hydrogen (secondary N) is 1. The van der Waals surface area contributed by atoms with Crippen molar-refractivity contribution in [3.8, 4) is 5.75 Å². The van der Waals surface area contributed by atoms with Crippen LogP contribution in [0.5, 0.6) is 5.75 Å². The van der Waals surface area contributed by atoms with E-state index in [2.05, 4.69) is 12.2 Å². The van der Waals surface area contributed by atoms with E-state index in [4.69, 9.17) is 9.47 Å². The lowest BCUT2D eigenvalue weighted by atomic mass is 10.2. The minimum atomic E-state index is -0.0845. The van der Waals surface area contributed by atoms with E-state index >= 15 is 0 Å². The molecule has 1 heterocycles. The van der Waals surface area contributed by atoms with E-state index in [0.717, 1.165) is 50.2 Å². The van der Waals surface area contributed by atoms with Gasteiger partial charge in [-0.3, -0.25) is 4.79 Å². The first-order valence-corrected chi connectivity index (χ1v) is 8.08. The van der Waals surface area contributed by atoms with Gasteiger partial charge < -0.3 is 14.8 Å². The maximum Gasteiger partial charge on any atom is 0.244 e. The highest BCUT2D eigenvalue weighted by Crippen LogP contribution is 2.14. The van der Waals surface area contributed by atoms with Crippen LogP contribution in [-0.2, 0) is 9.53 Å². The molecule has 0 aromatic heterocycles. The Morgan fingerprint density at radius 1 is 1.41 bits per heavy atom. The van der Waals surface area contributed by atoms with Gasteiger partial charge in [-0.1, -0.05) is 25.5 Å². The van der Waals surface area contributed by atoms with Gasteiger partial charge in [-0.05, 0) is 43.0 Å². The predicted octanol–water partition coefficient (Wildman–Crippen LogP) is 3.17. The van der Waals surface area contributed by atoms with Gasteiger partial charge in [0.15, 0.2) is 0 Å². The summed E-state index contributed by atoms with van der Waals surface area (Å²) in [6.45, 7) is 4.29. The number of unbranched alkanes of at least 4 members (excludes halogenated alkanes) is 1. The molecule has 4 nitrogen and oxygen atoms in total. The van der Waals surface area contributed by atoms with Gasteiger partial charge in [0.25, 0.3) is 0 Å². The second kappa shape index (κ2) is 9.26. The normalized spacial score (nSPS) is 17.8. The van der Waals surface area contributed by atoms with Crippen LogP contribution >= 0.6 is 0 Å². The Hall–Kier alpha value is -1.81. The van der Waals surface area contributed by atoms with Crippen LogP contribution in [0, 0.1) is 0 Å². The van der Waals surface area contributed by atoms with E-state index in [9.17, 15) is 4.79 Å². The molecule has 1 atom stereocenters. The van der Waals surface area contributed by atoms with Crippen molar-refractivity contribution in [1.82, 2.24) is 5.32 Å². The van der Waals surface area contributed by atoms with Crippen LogP contribution in [0.2, 0.25) is 0 Å². The van der Waals surface area contributed by atoms with Crippen molar-refractivity contribution in [2.45, 2.75) is 38.7 Å². The quantitative estimate of drug-likeness (QED) is 0.593. The molecule has 1 saturated heterocycles. The lowest BCUT2D eigenvalue weighted by Crippen LogP contribution is -2.30. The lowest BCUT2D eigenvalue weighted by molar-refractivity contribution is -0.116. The summed E-state index contributed by atoms with van der Waals surface area (Å²) in [4.78, 5) is 11.7. The molecule has 0 bridgehead atoms. The van der Waals surface area contributed by atoms with Crippen molar-refractivity contribution in [1.29, 1.82) is 0 Å². The number of benzene rings is 1. The summed E-state index contributed by atoms with van der Waals surface area (Å²) in [5.74, 6) is 0.784. The molecule has 1 unspecified atom stereocenters. The SMILES string of the molecule is CCCCOc1ccc(C=CC(=O)NCC2CCCO2)cc1. The molecule has 1 fully saturated rings. The molecule has 0 aliphatic carbocycles. The minimum Gasteiger partial charge on any atom is -0.494 e. The van der Waals surface area contributed by atoms with Crippen LogP contribution in [-0.4, -0.2) is 31.8 Å². The Morgan fingerprint density at radius 3 is 2.91 bits per heavy atom. The maximum atomic E-state index is 11.7. The topological polar surface area (TPSA) is 47.6 Å². The zero-order valence-electron chi connectivity index (χ0n) is 13.2. The highest BCUT2D eigenvalue weighted by molar-refractivity contribution is 5.91. The summed E-state index contributed by atoms with van der Waals surface area (Å²) >= 11 is 0. The summed E-state index contributed by atoms with van der Waals surface area (Å²) < 4.78 is 11.1. The minimum absolute atomic E-state index is 0.0845. The summed E-state index contributed by atoms with van der Waals surface area (Å²) in [5.41, 5.74) is 0.982. The van der Waals surface area contributed by atoms with Gasteiger partial charge in [0.05, 0.1) is 12.7 Å². The van der Waals surface area contributed by atoms with Crippen molar-refractivity contribution < 1.29 is 14.3 Å². The Balaban J connectivity index is 1.73. The van der Waals surface area contributed by atoms with Crippen LogP contribution in [0.4, 0.5) is 0 Å². The molecule has 1 aromatic carbocycles. The summed E-state index contributed by atoms with van der Waals surface area (Å²) in [6.07, 6.45) is 7.85. The molecule has 4 heteroatoms. The average Bonchev–Trinajstić information content (AvgIpc) is 3.06. The second-order valence-corrected chi connectivity index (χ2v) is 5.48. The van der Waals surface area contributed by atoms with Gasteiger partial charge >= 0.3 is 0 Å². The van der Waals surface area contributed by atoms with Gasteiger partial charge in [-0.25, -0.2) is 0 Å². The smallest absolute Gasteiger partial charge is 0.244 e. The number of ether oxygens (including phenoxy) is 2. The van der Waals surface area contributed by atoms with Crippen molar-refractivity contribution in [2.75, 3.05) is 19.8 Å². The second-order valence-electron chi connectivity index (χ2n) is 5.48. The van der Waals surface area contributed by atoms with E-state index in [1.807, 2.05) is 24.3 Å².